The topological polar surface area (TPSA) is 59.6 Å². The Morgan fingerprint density at radius 2 is 1.52 bits per heavy atom. The molecule has 0 aliphatic rings. The average Bonchev–Trinajstić information content (AvgIpc) is 2.52. The Bertz CT molecular complexity index is 718. The molecule has 122 valence electrons. The van der Waals surface area contributed by atoms with Gasteiger partial charge in [0.2, 0.25) is 0 Å². The van der Waals surface area contributed by atoms with Crippen LogP contribution in [0.15, 0.2) is 30.3 Å². The molecule has 0 aliphatic heterocycles. The number of urea groups is 1. The molecule has 2 amide bonds. The monoisotopic (exact) mass is 374 g/mol. The fraction of sp³-hybridized carbons (Fsp3) is 0.133. The molecule has 0 atom stereocenters. The van der Waals surface area contributed by atoms with E-state index in [0.717, 1.165) is 0 Å². The molecule has 0 spiro atoms. The fourth-order valence-electron chi connectivity index (χ4n) is 1.84. The zero-order valence-electron chi connectivity index (χ0n) is 12.2. The summed E-state index contributed by atoms with van der Waals surface area (Å²) >= 11 is 18.0. The summed E-state index contributed by atoms with van der Waals surface area (Å²) in [5, 5.41) is 6.24. The van der Waals surface area contributed by atoms with Gasteiger partial charge in [-0.1, -0.05) is 40.9 Å². The molecule has 2 N–H and O–H groups in total. The van der Waals surface area contributed by atoms with E-state index in [1.54, 1.807) is 30.3 Å². The number of ether oxygens (including phenoxy) is 2. The van der Waals surface area contributed by atoms with E-state index in [1.165, 1.54) is 14.2 Å². The number of nitrogens with one attached hydrogen (secondary N) is 2. The number of hydrogen-bond acceptors (Lipinski definition) is 3. The molecule has 0 saturated carbocycles. The Hall–Kier alpha value is -1.82. The van der Waals surface area contributed by atoms with Crippen LogP contribution in [0.25, 0.3) is 0 Å². The predicted molar refractivity (Wildman–Crippen MR) is 93.7 cm³/mol. The molecule has 23 heavy (non-hydrogen) atoms. The lowest BCUT2D eigenvalue weighted by molar-refractivity contribution is 0.262. The van der Waals surface area contributed by atoms with Gasteiger partial charge in [0.15, 0.2) is 0 Å². The van der Waals surface area contributed by atoms with E-state index >= 15 is 0 Å². The number of amides is 2. The van der Waals surface area contributed by atoms with Gasteiger partial charge >= 0.3 is 6.03 Å². The molecular weight excluding hydrogens is 363 g/mol. The molecule has 0 saturated heterocycles. The van der Waals surface area contributed by atoms with E-state index in [-0.39, 0.29) is 0 Å². The zero-order chi connectivity index (χ0) is 17.0. The molecule has 0 bridgehead atoms. The van der Waals surface area contributed by atoms with Gasteiger partial charge in [-0.2, -0.15) is 0 Å². The van der Waals surface area contributed by atoms with Crippen LogP contribution in [0.5, 0.6) is 11.5 Å². The third-order valence-electron chi connectivity index (χ3n) is 2.92. The third kappa shape index (κ3) is 4.13. The second kappa shape index (κ2) is 7.64. The SMILES string of the molecule is COc1cc(NC(=O)Nc2c(Cl)cccc2Cl)c(OC)cc1Cl. The maximum Gasteiger partial charge on any atom is 0.323 e. The molecule has 0 radical (unpaired) electrons. The number of benzene rings is 2. The number of rotatable bonds is 4. The third-order valence-corrected chi connectivity index (χ3v) is 3.85. The maximum absolute atomic E-state index is 12.2. The Labute approximate surface area is 148 Å². The molecule has 0 fully saturated rings. The summed E-state index contributed by atoms with van der Waals surface area (Å²) in [6.07, 6.45) is 0. The number of carbonyl (C=O) groups excluding carboxylic acids is 1. The van der Waals surface area contributed by atoms with Crippen molar-refractivity contribution in [2.75, 3.05) is 24.9 Å². The van der Waals surface area contributed by atoms with Gasteiger partial charge < -0.3 is 20.1 Å². The number of carbonyl (C=O) groups is 1. The van der Waals surface area contributed by atoms with Crippen molar-refractivity contribution < 1.29 is 14.3 Å². The van der Waals surface area contributed by atoms with Crippen molar-refractivity contribution in [2.24, 2.45) is 0 Å². The van der Waals surface area contributed by atoms with Crippen LogP contribution in [0.2, 0.25) is 15.1 Å². The smallest absolute Gasteiger partial charge is 0.323 e. The largest absolute Gasteiger partial charge is 0.495 e. The van der Waals surface area contributed by atoms with Gasteiger partial charge in [0.25, 0.3) is 0 Å². The predicted octanol–water partition coefficient (Wildman–Crippen LogP) is 5.31. The van der Waals surface area contributed by atoms with Gasteiger partial charge in [0.1, 0.15) is 11.5 Å². The van der Waals surface area contributed by atoms with Crippen LogP contribution in [0.1, 0.15) is 0 Å². The van der Waals surface area contributed by atoms with Crippen molar-refractivity contribution in [3.05, 3.63) is 45.4 Å². The van der Waals surface area contributed by atoms with Crippen LogP contribution in [0.4, 0.5) is 16.2 Å². The molecule has 0 aromatic heterocycles. The lowest BCUT2D eigenvalue weighted by atomic mass is 10.2. The quantitative estimate of drug-likeness (QED) is 0.761. The molecule has 8 heteroatoms. The van der Waals surface area contributed by atoms with Gasteiger partial charge in [-0.25, -0.2) is 4.79 Å². The molecular formula is C15H13Cl3N2O3. The minimum Gasteiger partial charge on any atom is -0.495 e. The number of methoxy groups -OCH3 is 2. The lowest BCUT2D eigenvalue weighted by Gasteiger charge is -2.14. The molecule has 0 aliphatic carbocycles. The lowest BCUT2D eigenvalue weighted by Crippen LogP contribution is -2.20. The minimum atomic E-state index is -0.539. The molecule has 0 unspecified atom stereocenters. The highest BCUT2D eigenvalue weighted by Gasteiger charge is 2.14. The summed E-state index contributed by atoms with van der Waals surface area (Å²) in [5.41, 5.74) is 0.697. The Morgan fingerprint density at radius 1 is 0.913 bits per heavy atom. The number of anilines is 2. The van der Waals surface area contributed by atoms with E-state index in [9.17, 15) is 4.79 Å². The van der Waals surface area contributed by atoms with E-state index < -0.39 is 6.03 Å². The zero-order valence-corrected chi connectivity index (χ0v) is 14.5. The Balaban J connectivity index is 2.23. The van der Waals surface area contributed by atoms with Crippen molar-refractivity contribution in [3.63, 3.8) is 0 Å². The molecule has 2 aromatic rings. The maximum atomic E-state index is 12.2. The summed E-state index contributed by atoms with van der Waals surface area (Å²) in [4.78, 5) is 12.2. The van der Waals surface area contributed by atoms with Gasteiger partial charge in [-0.15, -0.1) is 0 Å². The summed E-state index contributed by atoms with van der Waals surface area (Å²) in [5.74, 6) is 0.787. The van der Waals surface area contributed by atoms with Gasteiger partial charge in [0, 0.05) is 12.1 Å². The molecule has 2 rings (SSSR count). The van der Waals surface area contributed by atoms with Gasteiger partial charge in [0.05, 0.1) is 40.7 Å². The summed E-state index contributed by atoms with van der Waals surface area (Å²) in [7, 11) is 2.94. The number of hydrogen-bond donors (Lipinski definition) is 2. The van der Waals surface area contributed by atoms with Crippen molar-refractivity contribution in [1.82, 2.24) is 0 Å². The van der Waals surface area contributed by atoms with Crippen molar-refractivity contribution in [3.8, 4) is 11.5 Å². The van der Waals surface area contributed by atoms with Crippen LogP contribution in [-0.2, 0) is 0 Å². The first kappa shape index (κ1) is 17.5. The molecule has 2 aromatic carbocycles. The van der Waals surface area contributed by atoms with Gasteiger partial charge in [-0.3, -0.25) is 0 Å². The van der Waals surface area contributed by atoms with Crippen molar-refractivity contribution >= 4 is 52.2 Å². The molecule has 0 heterocycles. The van der Waals surface area contributed by atoms with Crippen molar-refractivity contribution in [1.29, 1.82) is 0 Å². The van der Waals surface area contributed by atoms with E-state index in [1.807, 2.05) is 0 Å². The average molecular weight is 376 g/mol. The summed E-state index contributed by atoms with van der Waals surface area (Å²) in [6, 6.07) is 7.47. The second-order valence-corrected chi connectivity index (χ2v) is 5.58. The molecule has 5 nitrogen and oxygen atoms in total. The first-order valence-corrected chi connectivity index (χ1v) is 7.53. The van der Waals surface area contributed by atoms with Crippen LogP contribution >= 0.6 is 34.8 Å². The van der Waals surface area contributed by atoms with Crippen LogP contribution in [-0.4, -0.2) is 20.3 Å². The minimum absolute atomic E-state index is 0.313. The van der Waals surface area contributed by atoms with Crippen LogP contribution in [0, 0.1) is 0 Å². The number of halogens is 3. The van der Waals surface area contributed by atoms with Gasteiger partial charge in [-0.05, 0) is 12.1 Å². The first-order valence-electron chi connectivity index (χ1n) is 6.39. The number of para-hydroxylation sites is 1. The van der Waals surface area contributed by atoms with E-state index in [0.29, 0.717) is 37.9 Å². The summed E-state index contributed by atoms with van der Waals surface area (Å²) in [6.45, 7) is 0. The highest BCUT2D eigenvalue weighted by molar-refractivity contribution is 6.39. The van der Waals surface area contributed by atoms with Crippen LogP contribution in [0.3, 0.4) is 0 Å². The Morgan fingerprint density at radius 3 is 2.09 bits per heavy atom. The van der Waals surface area contributed by atoms with E-state index in [2.05, 4.69) is 10.6 Å². The van der Waals surface area contributed by atoms with Crippen LogP contribution < -0.4 is 20.1 Å². The van der Waals surface area contributed by atoms with E-state index in [4.69, 9.17) is 44.3 Å². The normalized spacial score (nSPS) is 10.1. The second-order valence-electron chi connectivity index (χ2n) is 4.36. The first-order chi connectivity index (χ1) is 11.0. The highest BCUT2D eigenvalue weighted by Crippen LogP contribution is 2.36. The highest BCUT2D eigenvalue weighted by atomic mass is 35.5. The fourth-order valence-corrected chi connectivity index (χ4v) is 2.57. The standard InChI is InChI=1S/C15H13Cl3N2O3/c1-22-12-7-11(13(23-2)6-10(12)18)19-15(21)20-14-8(16)4-3-5-9(14)17/h3-7H,1-2H3,(H2,19,20,21). The van der Waals surface area contributed by atoms with Crippen molar-refractivity contribution in [2.45, 2.75) is 0 Å². The summed E-state index contributed by atoms with van der Waals surface area (Å²) < 4.78 is 10.3. The Kier molecular flexibility index (Phi) is 5.82.